The topological polar surface area (TPSA) is 127 Å². The van der Waals surface area contributed by atoms with E-state index >= 15 is 0 Å². The maximum Gasteiger partial charge on any atom is 0.287 e. The lowest BCUT2D eigenvalue weighted by atomic mass is 9.98. The number of halogens is 1. The minimum atomic E-state index is -0.841. The third kappa shape index (κ3) is 5.84. The standard InChI is InChI=1S/C25H29FN6O3/c1-16(2)19-12-20(21(33)13-22(19)35-3)23(27)32(24(28)25(34)30-9-8-26)18-6-4-17(5-7-18)14-31-11-10-29-15-31/h4-7,10-13,15-16,27-28,33H,8-9,14H2,1-3H3,(H,30,34). The summed E-state index contributed by atoms with van der Waals surface area (Å²) in [5, 5.41) is 30.3. The van der Waals surface area contributed by atoms with Crippen LogP contribution < -0.4 is 15.0 Å². The van der Waals surface area contributed by atoms with Gasteiger partial charge in [0.15, 0.2) is 5.84 Å². The molecule has 2 aromatic carbocycles. The lowest BCUT2D eigenvalue weighted by molar-refractivity contribution is -0.115. The average Bonchev–Trinajstić information content (AvgIpc) is 3.36. The zero-order valence-electron chi connectivity index (χ0n) is 19.9. The molecule has 0 atom stereocenters. The molecular weight excluding hydrogens is 451 g/mol. The molecule has 0 spiro atoms. The van der Waals surface area contributed by atoms with E-state index in [1.807, 2.05) is 36.7 Å². The van der Waals surface area contributed by atoms with Gasteiger partial charge in [0.1, 0.15) is 24.0 Å². The number of phenols is 1. The van der Waals surface area contributed by atoms with Gasteiger partial charge in [-0.05, 0) is 35.2 Å². The molecule has 0 radical (unpaired) electrons. The van der Waals surface area contributed by atoms with Crippen LogP contribution in [0.3, 0.4) is 0 Å². The van der Waals surface area contributed by atoms with Gasteiger partial charge >= 0.3 is 0 Å². The Kier molecular flexibility index (Phi) is 8.19. The van der Waals surface area contributed by atoms with Crippen LogP contribution in [0.5, 0.6) is 11.5 Å². The van der Waals surface area contributed by atoms with Crippen LogP contribution in [0, 0.1) is 10.8 Å². The number of amides is 1. The second kappa shape index (κ2) is 11.3. The number of hydrogen-bond donors (Lipinski definition) is 4. The molecule has 1 aromatic heterocycles. The third-order valence-electron chi connectivity index (χ3n) is 5.39. The summed E-state index contributed by atoms with van der Waals surface area (Å²) < 4.78 is 19.9. The zero-order chi connectivity index (χ0) is 25.5. The van der Waals surface area contributed by atoms with Crippen LogP contribution in [0.15, 0.2) is 55.1 Å². The maximum atomic E-state index is 12.6. The van der Waals surface area contributed by atoms with Crippen molar-refractivity contribution >= 4 is 23.3 Å². The number of phenolic OH excluding ortho intramolecular Hbond substituents is 1. The normalized spacial score (nSPS) is 10.8. The number of hydrogen-bond acceptors (Lipinski definition) is 6. The summed E-state index contributed by atoms with van der Waals surface area (Å²) >= 11 is 0. The molecule has 4 N–H and O–H groups in total. The Balaban J connectivity index is 2.02. The summed E-state index contributed by atoms with van der Waals surface area (Å²) in [4.78, 5) is 17.7. The number of anilines is 1. The van der Waals surface area contributed by atoms with Gasteiger partial charge in [0, 0.05) is 37.2 Å². The summed E-state index contributed by atoms with van der Waals surface area (Å²) in [7, 11) is 1.49. The van der Waals surface area contributed by atoms with Crippen LogP contribution in [0.1, 0.15) is 36.5 Å². The van der Waals surface area contributed by atoms with Gasteiger partial charge in [-0.25, -0.2) is 9.37 Å². The molecule has 0 saturated heterocycles. The molecule has 184 valence electrons. The van der Waals surface area contributed by atoms with E-state index in [1.165, 1.54) is 13.2 Å². The molecule has 0 fully saturated rings. The summed E-state index contributed by atoms with van der Waals surface area (Å²) in [5.41, 5.74) is 2.20. The Morgan fingerprint density at radius 1 is 1.26 bits per heavy atom. The average molecular weight is 481 g/mol. The van der Waals surface area contributed by atoms with Gasteiger partial charge in [0.05, 0.1) is 19.0 Å². The van der Waals surface area contributed by atoms with E-state index in [-0.39, 0.29) is 29.6 Å². The Morgan fingerprint density at radius 3 is 2.54 bits per heavy atom. The predicted octanol–water partition coefficient (Wildman–Crippen LogP) is 3.66. The van der Waals surface area contributed by atoms with Crippen molar-refractivity contribution in [3.63, 3.8) is 0 Å². The molecule has 35 heavy (non-hydrogen) atoms. The first-order valence-corrected chi connectivity index (χ1v) is 11.0. The Hall–Kier alpha value is -4.21. The van der Waals surface area contributed by atoms with E-state index in [0.717, 1.165) is 16.0 Å². The van der Waals surface area contributed by atoms with Gasteiger partial charge in [0.2, 0.25) is 0 Å². The van der Waals surface area contributed by atoms with Gasteiger partial charge in [-0.15, -0.1) is 0 Å². The summed E-state index contributed by atoms with van der Waals surface area (Å²) in [6, 6.07) is 10.0. The van der Waals surface area contributed by atoms with E-state index in [0.29, 0.717) is 18.0 Å². The number of nitrogens with zero attached hydrogens (tertiary/aromatic N) is 3. The minimum absolute atomic E-state index is 0.0281. The molecule has 0 unspecified atom stereocenters. The molecule has 0 bridgehead atoms. The SMILES string of the molecule is COc1cc(O)c(C(=N)N(C(=N)C(=O)NCCF)c2ccc(Cn3ccnc3)cc2)cc1C(C)C. The minimum Gasteiger partial charge on any atom is -0.507 e. The molecule has 1 amide bonds. The van der Waals surface area contributed by atoms with Crippen LogP contribution in [0.2, 0.25) is 0 Å². The summed E-state index contributed by atoms with van der Waals surface area (Å²) in [5.74, 6) is -1.43. The lowest BCUT2D eigenvalue weighted by Crippen LogP contribution is -2.46. The fourth-order valence-corrected chi connectivity index (χ4v) is 3.58. The Morgan fingerprint density at radius 2 is 1.97 bits per heavy atom. The first-order valence-electron chi connectivity index (χ1n) is 11.0. The third-order valence-corrected chi connectivity index (χ3v) is 5.39. The number of carbonyl (C=O) groups is 1. The number of amidine groups is 2. The molecule has 0 saturated carbocycles. The molecule has 3 rings (SSSR count). The highest BCUT2D eigenvalue weighted by Crippen LogP contribution is 2.34. The molecular formula is C25H29FN6O3. The number of benzene rings is 2. The molecule has 0 aliphatic rings. The van der Waals surface area contributed by atoms with Crippen molar-refractivity contribution in [2.75, 3.05) is 25.2 Å². The van der Waals surface area contributed by atoms with Crippen molar-refractivity contribution in [2.24, 2.45) is 0 Å². The van der Waals surface area contributed by atoms with Crippen molar-refractivity contribution in [1.82, 2.24) is 14.9 Å². The summed E-state index contributed by atoms with van der Waals surface area (Å²) in [6.45, 7) is 3.44. The second-order valence-corrected chi connectivity index (χ2v) is 8.14. The number of imidazole rings is 1. The van der Waals surface area contributed by atoms with Crippen molar-refractivity contribution in [1.29, 1.82) is 10.8 Å². The Labute approximate surface area is 203 Å². The van der Waals surface area contributed by atoms with Crippen molar-refractivity contribution in [2.45, 2.75) is 26.3 Å². The van der Waals surface area contributed by atoms with Gasteiger partial charge in [0.25, 0.3) is 5.91 Å². The van der Waals surface area contributed by atoms with Gasteiger partial charge in [-0.1, -0.05) is 26.0 Å². The van der Waals surface area contributed by atoms with Crippen molar-refractivity contribution in [3.8, 4) is 11.5 Å². The van der Waals surface area contributed by atoms with Crippen molar-refractivity contribution in [3.05, 3.63) is 71.8 Å². The highest BCUT2D eigenvalue weighted by Gasteiger charge is 2.27. The number of nitrogens with one attached hydrogen (secondary N) is 3. The molecule has 10 heteroatoms. The number of carbonyl (C=O) groups excluding carboxylic acids is 1. The van der Waals surface area contributed by atoms with Crippen LogP contribution in [0.4, 0.5) is 10.1 Å². The van der Waals surface area contributed by atoms with Gasteiger partial charge in [-0.3, -0.25) is 20.5 Å². The van der Waals surface area contributed by atoms with E-state index in [1.54, 1.807) is 30.7 Å². The highest BCUT2D eigenvalue weighted by molar-refractivity contribution is 6.48. The van der Waals surface area contributed by atoms with E-state index in [4.69, 9.17) is 15.6 Å². The van der Waals surface area contributed by atoms with Crippen molar-refractivity contribution < 1.29 is 19.0 Å². The number of ether oxygens (including phenoxy) is 1. The maximum absolute atomic E-state index is 12.6. The molecule has 0 aliphatic heterocycles. The number of aromatic nitrogens is 2. The molecule has 3 aromatic rings. The zero-order valence-corrected chi connectivity index (χ0v) is 19.9. The van der Waals surface area contributed by atoms with E-state index < -0.39 is 18.4 Å². The second-order valence-electron chi connectivity index (χ2n) is 8.14. The predicted molar refractivity (Wildman–Crippen MR) is 133 cm³/mol. The molecule has 9 nitrogen and oxygen atoms in total. The monoisotopic (exact) mass is 480 g/mol. The molecule has 0 aliphatic carbocycles. The van der Waals surface area contributed by atoms with Crippen LogP contribution >= 0.6 is 0 Å². The van der Waals surface area contributed by atoms with Crippen LogP contribution in [0.25, 0.3) is 0 Å². The Bertz CT molecular complexity index is 1190. The smallest absolute Gasteiger partial charge is 0.287 e. The number of alkyl halides is 1. The largest absolute Gasteiger partial charge is 0.507 e. The first kappa shape index (κ1) is 25.4. The highest BCUT2D eigenvalue weighted by atomic mass is 19.1. The molecule has 1 heterocycles. The lowest BCUT2D eigenvalue weighted by Gasteiger charge is -2.26. The number of methoxy groups -OCH3 is 1. The fourth-order valence-electron chi connectivity index (χ4n) is 3.58. The first-order chi connectivity index (χ1) is 16.8. The van der Waals surface area contributed by atoms with Gasteiger partial charge < -0.3 is 19.7 Å². The number of aromatic hydroxyl groups is 1. The fraction of sp³-hybridized carbons (Fsp3) is 0.280. The summed E-state index contributed by atoms with van der Waals surface area (Å²) in [6.07, 6.45) is 5.21. The van der Waals surface area contributed by atoms with Gasteiger partial charge in [-0.2, -0.15) is 0 Å². The van der Waals surface area contributed by atoms with Crippen LogP contribution in [-0.4, -0.2) is 52.6 Å². The quantitative estimate of drug-likeness (QED) is 0.289. The van der Waals surface area contributed by atoms with E-state index in [9.17, 15) is 14.3 Å². The van der Waals surface area contributed by atoms with Crippen LogP contribution in [-0.2, 0) is 11.3 Å². The van der Waals surface area contributed by atoms with E-state index in [2.05, 4.69) is 10.3 Å². The number of rotatable bonds is 8.